The van der Waals surface area contributed by atoms with E-state index in [4.69, 9.17) is 10.5 Å². The standard InChI is InChI=1S/C8H12N2O.ClH/c1-6(9)8-5-7(11-2)3-4-10-8;/h3-6H,9H2,1-2H3;1H. The molecule has 0 amide bonds. The molecule has 68 valence electrons. The lowest BCUT2D eigenvalue weighted by atomic mass is 10.2. The Hall–Kier alpha value is -0.800. The second-order valence-corrected chi connectivity index (χ2v) is 2.41. The van der Waals surface area contributed by atoms with Crippen LogP contribution in [0, 0.1) is 0 Å². The molecular formula is C8H13ClN2O. The van der Waals surface area contributed by atoms with Crippen LogP contribution in [0.25, 0.3) is 0 Å². The van der Waals surface area contributed by atoms with Crippen LogP contribution in [0.15, 0.2) is 18.3 Å². The Bertz CT molecular complexity index is 240. The Morgan fingerprint density at radius 1 is 1.58 bits per heavy atom. The summed E-state index contributed by atoms with van der Waals surface area (Å²) in [6, 6.07) is 3.60. The minimum absolute atomic E-state index is 0. The van der Waals surface area contributed by atoms with Gasteiger partial charge in [0.15, 0.2) is 0 Å². The summed E-state index contributed by atoms with van der Waals surface area (Å²) in [7, 11) is 1.63. The van der Waals surface area contributed by atoms with E-state index in [0.717, 1.165) is 11.4 Å². The summed E-state index contributed by atoms with van der Waals surface area (Å²) in [5.74, 6) is 0.798. The Labute approximate surface area is 78.4 Å². The predicted octanol–water partition coefficient (Wildman–Crippen LogP) is 1.53. The Kier molecular flexibility index (Phi) is 4.62. The normalized spacial score (nSPS) is 11.6. The molecule has 0 radical (unpaired) electrons. The van der Waals surface area contributed by atoms with Gasteiger partial charge in [-0.15, -0.1) is 12.4 Å². The van der Waals surface area contributed by atoms with Gasteiger partial charge in [0.1, 0.15) is 5.75 Å². The molecule has 1 aromatic heterocycles. The predicted molar refractivity (Wildman–Crippen MR) is 50.6 cm³/mol. The second kappa shape index (κ2) is 4.95. The van der Waals surface area contributed by atoms with E-state index < -0.39 is 0 Å². The number of nitrogens with two attached hydrogens (primary N) is 1. The van der Waals surface area contributed by atoms with E-state index in [-0.39, 0.29) is 18.4 Å². The molecule has 0 aromatic carbocycles. The topological polar surface area (TPSA) is 48.1 Å². The highest BCUT2D eigenvalue weighted by atomic mass is 35.5. The summed E-state index contributed by atoms with van der Waals surface area (Å²) in [4.78, 5) is 4.08. The summed E-state index contributed by atoms with van der Waals surface area (Å²) in [6.07, 6.45) is 1.69. The van der Waals surface area contributed by atoms with Crippen molar-refractivity contribution in [3.8, 4) is 5.75 Å². The third-order valence-electron chi connectivity index (χ3n) is 1.45. The van der Waals surface area contributed by atoms with Crippen molar-refractivity contribution in [3.63, 3.8) is 0 Å². The fraction of sp³-hybridized carbons (Fsp3) is 0.375. The number of rotatable bonds is 2. The van der Waals surface area contributed by atoms with Crippen molar-refractivity contribution < 1.29 is 4.74 Å². The van der Waals surface area contributed by atoms with Crippen LogP contribution in [0.3, 0.4) is 0 Å². The fourth-order valence-corrected chi connectivity index (χ4v) is 0.804. The zero-order valence-corrected chi connectivity index (χ0v) is 7.97. The van der Waals surface area contributed by atoms with E-state index in [0.29, 0.717) is 0 Å². The first kappa shape index (κ1) is 11.2. The SMILES string of the molecule is COc1ccnc(C(C)N)c1.Cl. The molecular weight excluding hydrogens is 176 g/mol. The fourth-order valence-electron chi connectivity index (χ4n) is 0.804. The molecule has 2 N–H and O–H groups in total. The van der Waals surface area contributed by atoms with Crippen molar-refractivity contribution in [1.29, 1.82) is 0 Å². The largest absolute Gasteiger partial charge is 0.497 e. The number of nitrogens with zero attached hydrogens (tertiary/aromatic N) is 1. The molecule has 0 spiro atoms. The average Bonchev–Trinajstić information content (AvgIpc) is 2.05. The van der Waals surface area contributed by atoms with E-state index >= 15 is 0 Å². The van der Waals surface area contributed by atoms with Crippen LogP contribution in [0.1, 0.15) is 18.7 Å². The van der Waals surface area contributed by atoms with Crippen LogP contribution < -0.4 is 10.5 Å². The number of hydrogen-bond acceptors (Lipinski definition) is 3. The van der Waals surface area contributed by atoms with Gasteiger partial charge in [-0.05, 0) is 13.0 Å². The van der Waals surface area contributed by atoms with Crippen LogP contribution in [0.2, 0.25) is 0 Å². The van der Waals surface area contributed by atoms with Crippen molar-refractivity contribution in [2.24, 2.45) is 5.73 Å². The maximum atomic E-state index is 5.62. The smallest absolute Gasteiger partial charge is 0.122 e. The summed E-state index contributed by atoms with van der Waals surface area (Å²) in [6.45, 7) is 1.89. The molecule has 3 nitrogen and oxygen atoms in total. The summed E-state index contributed by atoms with van der Waals surface area (Å²) < 4.78 is 5.01. The quantitative estimate of drug-likeness (QED) is 0.766. The first-order chi connectivity index (χ1) is 5.24. The van der Waals surface area contributed by atoms with Crippen LogP contribution in [0.4, 0.5) is 0 Å². The number of pyridine rings is 1. The van der Waals surface area contributed by atoms with E-state index in [2.05, 4.69) is 4.98 Å². The molecule has 0 saturated carbocycles. The molecule has 1 unspecified atom stereocenters. The third-order valence-corrected chi connectivity index (χ3v) is 1.45. The number of aromatic nitrogens is 1. The van der Waals surface area contributed by atoms with E-state index in [1.807, 2.05) is 13.0 Å². The lowest BCUT2D eigenvalue weighted by molar-refractivity contribution is 0.413. The minimum Gasteiger partial charge on any atom is -0.497 e. The second-order valence-electron chi connectivity index (χ2n) is 2.41. The zero-order chi connectivity index (χ0) is 8.27. The molecule has 0 aliphatic heterocycles. The van der Waals surface area contributed by atoms with Gasteiger partial charge in [0.05, 0.1) is 12.8 Å². The Morgan fingerprint density at radius 2 is 2.25 bits per heavy atom. The van der Waals surface area contributed by atoms with Gasteiger partial charge in [0.2, 0.25) is 0 Å². The van der Waals surface area contributed by atoms with Gasteiger partial charge < -0.3 is 10.5 Å². The van der Waals surface area contributed by atoms with Gasteiger partial charge in [-0.25, -0.2) is 0 Å². The van der Waals surface area contributed by atoms with Gasteiger partial charge >= 0.3 is 0 Å². The average molecular weight is 189 g/mol. The third kappa shape index (κ3) is 2.68. The van der Waals surface area contributed by atoms with E-state index in [1.165, 1.54) is 0 Å². The number of hydrogen-bond donors (Lipinski definition) is 1. The first-order valence-corrected chi connectivity index (χ1v) is 3.49. The van der Waals surface area contributed by atoms with E-state index in [9.17, 15) is 0 Å². The maximum Gasteiger partial charge on any atom is 0.122 e. The monoisotopic (exact) mass is 188 g/mol. The highest BCUT2D eigenvalue weighted by Crippen LogP contribution is 2.13. The molecule has 1 atom stereocenters. The van der Waals surface area contributed by atoms with Crippen LogP contribution in [-0.2, 0) is 0 Å². The highest BCUT2D eigenvalue weighted by molar-refractivity contribution is 5.85. The summed E-state index contributed by atoms with van der Waals surface area (Å²) >= 11 is 0. The molecule has 1 rings (SSSR count). The van der Waals surface area contributed by atoms with Gasteiger partial charge in [0, 0.05) is 18.3 Å². The molecule has 1 heterocycles. The molecule has 4 heteroatoms. The molecule has 0 bridgehead atoms. The molecule has 0 aliphatic rings. The number of ether oxygens (including phenoxy) is 1. The lowest BCUT2D eigenvalue weighted by Gasteiger charge is -2.05. The van der Waals surface area contributed by atoms with Crippen molar-refractivity contribution in [2.75, 3.05) is 7.11 Å². The molecule has 0 aliphatic carbocycles. The van der Waals surface area contributed by atoms with Gasteiger partial charge in [-0.2, -0.15) is 0 Å². The van der Waals surface area contributed by atoms with Gasteiger partial charge in [-0.1, -0.05) is 0 Å². The lowest BCUT2D eigenvalue weighted by Crippen LogP contribution is -2.06. The van der Waals surface area contributed by atoms with Crippen molar-refractivity contribution in [2.45, 2.75) is 13.0 Å². The molecule has 12 heavy (non-hydrogen) atoms. The maximum absolute atomic E-state index is 5.62. The molecule has 0 fully saturated rings. The zero-order valence-electron chi connectivity index (χ0n) is 7.15. The Balaban J connectivity index is 0.00000121. The van der Waals surface area contributed by atoms with Crippen molar-refractivity contribution in [3.05, 3.63) is 24.0 Å². The van der Waals surface area contributed by atoms with Crippen LogP contribution in [0.5, 0.6) is 5.75 Å². The molecule has 1 aromatic rings. The Morgan fingerprint density at radius 3 is 2.75 bits per heavy atom. The summed E-state index contributed by atoms with van der Waals surface area (Å²) in [5, 5.41) is 0. The van der Waals surface area contributed by atoms with Gasteiger partial charge in [0.25, 0.3) is 0 Å². The van der Waals surface area contributed by atoms with Crippen LogP contribution in [-0.4, -0.2) is 12.1 Å². The number of methoxy groups -OCH3 is 1. The molecule has 0 saturated heterocycles. The van der Waals surface area contributed by atoms with Crippen LogP contribution >= 0.6 is 12.4 Å². The van der Waals surface area contributed by atoms with Crippen molar-refractivity contribution >= 4 is 12.4 Å². The van der Waals surface area contributed by atoms with Gasteiger partial charge in [-0.3, -0.25) is 4.98 Å². The van der Waals surface area contributed by atoms with Crippen molar-refractivity contribution in [1.82, 2.24) is 4.98 Å². The first-order valence-electron chi connectivity index (χ1n) is 3.49. The number of halogens is 1. The summed E-state index contributed by atoms with van der Waals surface area (Å²) in [5.41, 5.74) is 6.47. The highest BCUT2D eigenvalue weighted by Gasteiger charge is 2.00. The van der Waals surface area contributed by atoms with E-state index in [1.54, 1.807) is 19.4 Å². The minimum atomic E-state index is -0.0369.